The monoisotopic (exact) mass is 504 g/mol. The smallest absolute Gasteiger partial charge is 0.255 e. The van der Waals surface area contributed by atoms with Crippen LogP contribution in [0.3, 0.4) is 0 Å². The Bertz CT molecular complexity index is 1470. The van der Waals surface area contributed by atoms with Gasteiger partial charge in [0.15, 0.2) is 5.76 Å². The molecule has 1 amide bonds. The molecule has 6 nitrogen and oxygen atoms in total. The van der Waals surface area contributed by atoms with Crippen molar-refractivity contribution in [2.75, 3.05) is 14.2 Å². The molecule has 0 aliphatic carbocycles. The fourth-order valence-electron chi connectivity index (χ4n) is 4.36. The fourth-order valence-corrected chi connectivity index (χ4v) is 4.36. The van der Waals surface area contributed by atoms with E-state index in [1.807, 2.05) is 102 Å². The van der Waals surface area contributed by atoms with Gasteiger partial charge in [0.1, 0.15) is 11.5 Å². The molecule has 0 radical (unpaired) electrons. The zero-order valence-corrected chi connectivity index (χ0v) is 21.3. The predicted octanol–water partition coefficient (Wildman–Crippen LogP) is 6.87. The fraction of sp³-hybridized carbons (Fsp3) is 0.125. The molecule has 5 aromatic rings. The molecule has 0 saturated carbocycles. The molecule has 0 saturated heterocycles. The first kappa shape index (κ1) is 24.8. The van der Waals surface area contributed by atoms with Crippen molar-refractivity contribution in [2.45, 2.75) is 13.1 Å². The molecule has 0 N–H and O–H groups in total. The maximum atomic E-state index is 14.0. The number of rotatable bonds is 9. The van der Waals surface area contributed by atoms with E-state index in [0.29, 0.717) is 47.4 Å². The van der Waals surface area contributed by atoms with Gasteiger partial charge in [-0.25, -0.2) is 4.98 Å². The van der Waals surface area contributed by atoms with Crippen LogP contribution in [0.15, 0.2) is 114 Å². The molecule has 38 heavy (non-hydrogen) atoms. The molecule has 1 heterocycles. The Morgan fingerprint density at radius 3 is 2.03 bits per heavy atom. The normalized spacial score (nSPS) is 10.7. The minimum absolute atomic E-state index is 0.102. The van der Waals surface area contributed by atoms with Crippen LogP contribution in [-0.4, -0.2) is 30.0 Å². The van der Waals surface area contributed by atoms with E-state index < -0.39 is 0 Å². The predicted molar refractivity (Wildman–Crippen MR) is 147 cm³/mol. The molecule has 0 aliphatic heterocycles. The number of hydrogen-bond donors (Lipinski definition) is 0. The second-order valence-electron chi connectivity index (χ2n) is 8.77. The highest BCUT2D eigenvalue weighted by molar-refractivity contribution is 6.00. The number of amides is 1. The molecule has 190 valence electrons. The van der Waals surface area contributed by atoms with Crippen molar-refractivity contribution < 1.29 is 18.7 Å². The Morgan fingerprint density at radius 1 is 0.763 bits per heavy atom. The summed E-state index contributed by atoms with van der Waals surface area (Å²) in [5.74, 6) is 2.08. The van der Waals surface area contributed by atoms with Crippen LogP contribution in [0.25, 0.3) is 22.8 Å². The van der Waals surface area contributed by atoms with Crippen LogP contribution in [0, 0.1) is 0 Å². The average molecular weight is 505 g/mol. The molecule has 4 aromatic carbocycles. The lowest BCUT2D eigenvalue weighted by molar-refractivity contribution is 0.0730. The lowest BCUT2D eigenvalue weighted by atomic mass is 10.0. The highest BCUT2D eigenvalue weighted by Gasteiger charge is 2.23. The third-order valence-electron chi connectivity index (χ3n) is 6.29. The van der Waals surface area contributed by atoms with Crippen molar-refractivity contribution in [3.8, 4) is 34.3 Å². The maximum absolute atomic E-state index is 14.0. The Balaban J connectivity index is 1.49. The second-order valence-corrected chi connectivity index (χ2v) is 8.77. The number of ether oxygens (including phenoxy) is 2. The first-order valence-corrected chi connectivity index (χ1v) is 12.3. The van der Waals surface area contributed by atoms with Gasteiger partial charge in [0, 0.05) is 24.7 Å². The number of nitrogens with zero attached hydrogens (tertiary/aromatic N) is 2. The third-order valence-corrected chi connectivity index (χ3v) is 6.29. The Labute approximate surface area is 222 Å². The van der Waals surface area contributed by atoms with E-state index in [2.05, 4.69) is 4.98 Å². The molecule has 0 bridgehead atoms. The molecule has 0 fully saturated rings. The lowest BCUT2D eigenvalue weighted by Crippen LogP contribution is -2.30. The molecular weight excluding hydrogens is 476 g/mol. The SMILES string of the molecule is COc1ccc(-c2cnc(-c3ccccc3C(=O)N(Cc3ccccc3)Cc3ccccc3)o2)c(OC)c1. The van der Waals surface area contributed by atoms with E-state index in [1.54, 1.807) is 26.5 Å². The van der Waals surface area contributed by atoms with Gasteiger partial charge < -0.3 is 18.8 Å². The summed E-state index contributed by atoms with van der Waals surface area (Å²) in [6, 6.07) is 32.9. The van der Waals surface area contributed by atoms with Crippen LogP contribution in [0.4, 0.5) is 0 Å². The van der Waals surface area contributed by atoms with E-state index in [0.717, 1.165) is 16.7 Å². The molecule has 0 spiro atoms. The van der Waals surface area contributed by atoms with Crippen molar-refractivity contribution in [3.05, 3.63) is 126 Å². The standard InChI is InChI=1S/C32H28N2O4/c1-36-25-17-18-28(29(19-25)37-2)30-20-33-31(38-30)26-15-9-10-16-27(26)32(35)34(21-23-11-5-3-6-12-23)22-24-13-7-4-8-14-24/h3-20H,21-22H2,1-2H3. The molecule has 0 unspecified atom stereocenters. The van der Waals surface area contributed by atoms with Gasteiger partial charge in [0.05, 0.1) is 31.5 Å². The van der Waals surface area contributed by atoms with Crippen LogP contribution >= 0.6 is 0 Å². The van der Waals surface area contributed by atoms with Crippen LogP contribution in [0.2, 0.25) is 0 Å². The summed E-state index contributed by atoms with van der Waals surface area (Å²) in [5.41, 5.74) is 4.00. The topological polar surface area (TPSA) is 64.8 Å². The molecule has 0 aliphatic rings. The minimum atomic E-state index is -0.102. The third kappa shape index (κ3) is 5.44. The van der Waals surface area contributed by atoms with E-state index in [-0.39, 0.29) is 5.91 Å². The number of aromatic nitrogens is 1. The zero-order chi connectivity index (χ0) is 26.3. The van der Waals surface area contributed by atoms with E-state index in [9.17, 15) is 4.79 Å². The summed E-state index contributed by atoms with van der Waals surface area (Å²) in [7, 11) is 3.20. The number of methoxy groups -OCH3 is 2. The zero-order valence-electron chi connectivity index (χ0n) is 21.3. The second kappa shape index (κ2) is 11.5. The average Bonchev–Trinajstić information content (AvgIpc) is 3.47. The van der Waals surface area contributed by atoms with Gasteiger partial charge in [0.2, 0.25) is 5.89 Å². The number of benzene rings is 4. The van der Waals surface area contributed by atoms with Gasteiger partial charge in [-0.05, 0) is 35.4 Å². The van der Waals surface area contributed by atoms with Crippen molar-refractivity contribution >= 4 is 5.91 Å². The quantitative estimate of drug-likeness (QED) is 0.219. The Morgan fingerprint density at radius 2 is 1.39 bits per heavy atom. The molecule has 0 atom stereocenters. The number of hydrogen-bond acceptors (Lipinski definition) is 5. The van der Waals surface area contributed by atoms with Gasteiger partial charge in [0.25, 0.3) is 5.91 Å². The summed E-state index contributed by atoms with van der Waals surface area (Å²) in [4.78, 5) is 20.4. The maximum Gasteiger partial charge on any atom is 0.255 e. The minimum Gasteiger partial charge on any atom is -0.497 e. The number of oxazole rings is 1. The number of carbonyl (C=O) groups excluding carboxylic acids is 1. The van der Waals surface area contributed by atoms with Crippen LogP contribution in [0.5, 0.6) is 11.5 Å². The molecule has 5 rings (SSSR count). The van der Waals surface area contributed by atoms with Gasteiger partial charge in [-0.15, -0.1) is 0 Å². The Hall–Kier alpha value is -4.84. The lowest BCUT2D eigenvalue weighted by Gasteiger charge is -2.24. The van der Waals surface area contributed by atoms with Crippen LogP contribution in [0.1, 0.15) is 21.5 Å². The van der Waals surface area contributed by atoms with Crippen LogP contribution in [-0.2, 0) is 13.1 Å². The molecule has 1 aromatic heterocycles. The summed E-state index contributed by atoms with van der Waals surface area (Å²) in [6.45, 7) is 0.950. The van der Waals surface area contributed by atoms with E-state index in [1.165, 1.54) is 0 Å². The van der Waals surface area contributed by atoms with Crippen molar-refractivity contribution in [2.24, 2.45) is 0 Å². The van der Waals surface area contributed by atoms with Crippen LogP contribution < -0.4 is 9.47 Å². The van der Waals surface area contributed by atoms with Crippen molar-refractivity contribution in [1.82, 2.24) is 9.88 Å². The first-order chi connectivity index (χ1) is 18.7. The summed E-state index contributed by atoms with van der Waals surface area (Å²) in [6.07, 6.45) is 1.65. The summed E-state index contributed by atoms with van der Waals surface area (Å²) in [5, 5.41) is 0. The highest BCUT2D eigenvalue weighted by Crippen LogP contribution is 2.36. The van der Waals surface area contributed by atoms with Crippen molar-refractivity contribution in [1.29, 1.82) is 0 Å². The Kier molecular flexibility index (Phi) is 7.50. The largest absolute Gasteiger partial charge is 0.497 e. The first-order valence-electron chi connectivity index (χ1n) is 12.3. The van der Waals surface area contributed by atoms with Gasteiger partial charge in [-0.1, -0.05) is 72.8 Å². The van der Waals surface area contributed by atoms with Gasteiger partial charge in [-0.3, -0.25) is 4.79 Å². The van der Waals surface area contributed by atoms with Gasteiger partial charge in [-0.2, -0.15) is 0 Å². The molecular formula is C32H28N2O4. The van der Waals surface area contributed by atoms with Gasteiger partial charge >= 0.3 is 0 Å². The number of carbonyl (C=O) groups is 1. The highest BCUT2D eigenvalue weighted by atomic mass is 16.5. The van der Waals surface area contributed by atoms with E-state index >= 15 is 0 Å². The summed E-state index contributed by atoms with van der Waals surface area (Å²) >= 11 is 0. The molecule has 6 heteroatoms. The van der Waals surface area contributed by atoms with Crippen molar-refractivity contribution in [3.63, 3.8) is 0 Å². The summed E-state index contributed by atoms with van der Waals surface area (Å²) < 4.78 is 17.0. The van der Waals surface area contributed by atoms with E-state index in [4.69, 9.17) is 13.9 Å².